The number of carbonyl (C=O) groups is 2. The van der Waals surface area contributed by atoms with Crippen molar-refractivity contribution < 1.29 is 9.59 Å². The van der Waals surface area contributed by atoms with Crippen molar-refractivity contribution in [3.63, 3.8) is 0 Å². The van der Waals surface area contributed by atoms with Gasteiger partial charge >= 0.3 is 0 Å². The molecule has 0 saturated heterocycles. The quantitative estimate of drug-likeness (QED) is 0.850. The Labute approximate surface area is 117 Å². The van der Waals surface area contributed by atoms with E-state index >= 15 is 0 Å². The van der Waals surface area contributed by atoms with Crippen molar-refractivity contribution in [2.24, 2.45) is 23.2 Å². The molecule has 2 atom stereocenters. The van der Waals surface area contributed by atoms with Gasteiger partial charge in [0.15, 0.2) is 0 Å². The maximum absolute atomic E-state index is 12.2. The summed E-state index contributed by atoms with van der Waals surface area (Å²) in [7, 11) is 0. The third-order valence-electron chi connectivity index (χ3n) is 4.75. The second-order valence-electron chi connectivity index (χ2n) is 7.13. The highest BCUT2D eigenvalue weighted by atomic mass is 16.2. The third kappa shape index (κ3) is 4.63. The highest BCUT2D eigenvalue weighted by molar-refractivity contribution is 5.97. The van der Waals surface area contributed by atoms with Crippen LogP contribution in [0.25, 0.3) is 0 Å². The van der Waals surface area contributed by atoms with E-state index in [1.807, 2.05) is 6.92 Å². The zero-order valence-corrected chi connectivity index (χ0v) is 13.1. The van der Waals surface area contributed by atoms with Crippen LogP contribution < -0.4 is 5.32 Å². The summed E-state index contributed by atoms with van der Waals surface area (Å²) in [5.41, 5.74) is 0.0741. The molecule has 0 spiro atoms. The number of imide groups is 1. The van der Waals surface area contributed by atoms with E-state index in [1.54, 1.807) is 0 Å². The molecule has 1 N–H and O–H groups in total. The molecule has 1 aliphatic rings. The monoisotopic (exact) mass is 267 g/mol. The van der Waals surface area contributed by atoms with Crippen molar-refractivity contribution in [1.29, 1.82) is 0 Å². The summed E-state index contributed by atoms with van der Waals surface area (Å²) >= 11 is 0. The van der Waals surface area contributed by atoms with Gasteiger partial charge in [-0.1, -0.05) is 53.9 Å². The average Bonchev–Trinajstić information content (AvgIpc) is 2.36. The zero-order valence-electron chi connectivity index (χ0n) is 13.1. The van der Waals surface area contributed by atoms with Gasteiger partial charge in [-0.05, 0) is 24.2 Å². The summed E-state index contributed by atoms with van der Waals surface area (Å²) in [6.07, 6.45) is 5.31. The minimum absolute atomic E-state index is 0.0508. The first kappa shape index (κ1) is 16.2. The van der Waals surface area contributed by atoms with E-state index in [1.165, 1.54) is 6.42 Å². The summed E-state index contributed by atoms with van der Waals surface area (Å²) in [4.78, 5) is 24.2. The SMILES string of the molecule is C[C@H](C(=O)NC(=O)C1CCCCC1)[C@@H](C)C(C)(C)C. The summed E-state index contributed by atoms with van der Waals surface area (Å²) in [6.45, 7) is 10.4. The lowest BCUT2D eigenvalue weighted by atomic mass is 9.74. The second-order valence-corrected chi connectivity index (χ2v) is 7.13. The van der Waals surface area contributed by atoms with E-state index in [0.29, 0.717) is 0 Å². The van der Waals surface area contributed by atoms with Crippen LogP contribution in [0.5, 0.6) is 0 Å². The Balaban J connectivity index is 2.51. The number of hydrogen-bond donors (Lipinski definition) is 1. The first-order valence-corrected chi connectivity index (χ1v) is 7.58. The summed E-state index contributed by atoms with van der Waals surface area (Å²) in [5, 5.41) is 2.62. The Morgan fingerprint density at radius 1 is 1.05 bits per heavy atom. The number of carbonyl (C=O) groups excluding carboxylic acids is 2. The van der Waals surface area contributed by atoms with Gasteiger partial charge in [0.1, 0.15) is 0 Å². The fourth-order valence-electron chi connectivity index (χ4n) is 2.68. The van der Waals surface area contributed by atoms with Gasteiger partial charge in [0.2, 0.25) is 11.8 Å². The predicted molar refractivity (Wildman–Crippen MR) is 77.5 cm³/mol. The third-order valence-corrected chi connectivity index (χ3v) is 4.75. The number of nitrogens with one attached hydrogen (secondary N) is 1. The van der Waals surface area contributed by atoms with E-state index in [4.69, 9.17) is 0 Å². The zero-order chi connectivity index (χ0) is 14.6. The van der Waals surface area contributed by atoms with Gasteiger partial charge < -0.3 is 0 Å². The van der Waals surface area contributed by atoms with Gasteiger partial charge in [-0.15, -0.1) is 0 Å². The molecule has 0 aromatic heterocycles. The lowest BCUT2D eigenvalue weighted by molar-refractivity contribution is -0.136. The fourth-order valence-corrected chi connectivity index (χ4v) is 2.68. The van der Waals surface area contributed by atoms with Gasteiger partial charge in [0.25, 0.3) is 0 Å². The molecule has 0 unspecified atom stereocenters. The van der Waals surface area contributed by atoms with Crippen LogP contribution in [0.1, 0.15) is 66.7 Å². The van der Waals surface area contributed by atoms with Crippen molar-refractivity contribution in [3.05, 3.63) is 0 Å². The normalized spacial score (nSPS) is 20.7. The van der Waals surface area contributed by atoms with Crippen molar-refractivity contribution in [3.8, 4) is 0 Å². The molecule has 0 bridgehead atoms. The van der Waals surface area contributed by atoms with Crippen LogP contribution in [0.15, 0.2) is 0 Å². The summed E-state index contributed by atoms with van der Waals surface area (Å²) < 4.78 is 0. The first-order valence-electron chi connectivity index (χ1n) is 7.58. The lowest BCUT2D eigenvalue weighted by Gasteiger charge is -2.32. The Morgan fingerprint density at radius 3 is 2.05 bits per heavy atom. The second kappa shape index (κ2) is 6.53. The van der Waals surface area contributed by atoms with E-state index in [-0.39, 0.29) is 35.0 Å². The van der Waals surface area contributed by atoms with Gasteiger partial charge in [-0.3, -0.25) is 14.9 Å². The van der Waals surface area contributed by atoms with Crippen molar-refractivity contribution in [2.75, 3.05) is 0 Å². The highest BCUT2D eigenvalue weighted by Gasteiger charge is 2.31. The molecule has 3 nitrogen and oxygen atoms in total. The van der Waals surface area contributed by atoms with Crippen LogP contribution in [0.3, 0.4) is 0 Å². The molecule has 0 aromatic carbocycles. The van der Waals surface area contributed by atoms with Gasteiger partial charge in [0, 0.05) is 11.8 Å². The van der Waals surface area contributed by atoms with Crippen LogP contribution >= 0.6 is 0 Å². The topological polar surface area (TPSA) is 46.2 Å². The molecule has 0 heterocycles. The number of amides is 2. The average molecular weight is 267 g/mol. The van der Waals surface area contributed by atoms with E-state index in [2.05, 4.69) is 33.0 Å². The first-order chi connectivity index (χ1) is 8.73. The molecule has 3 heteroatoms. The maximum Gasteiger partial charge on any atom is 0.229 e. The van der Waals surface area contributed by atoms with Gasteiger partial charge in [-0.2, -0.15) is 0 Å². The van der Waals surface area contributed by atoms with Crippen molar-refractivity contribution in [1.82, 2.24) is 5.32 Å². The van der Waals surface area contributed by atoms with Crippen molar-refractivity contribution >= 4 is 11.8 Å². The predicted octanol–water partition coefficient (Wildman–Crippen LogP) is 3.53. The summed E-state index contributed by atoms with van der Waals surface area (Å²) in [5.74, 6) is -0.00954. The number of hydrogen-bond acceptors (Lipinski definition) is 2. The van der Waals surface area contributed by atoms with Crippen LogP contribution in [-0.2, 0) is 9.59 Å². The Kier molecular flexibility index (Phi) is 5.57. The molecule has 1 aliphatic carbocycles. The molecule has 0 aliphatic heterocycles. The maximum atomic E-state index is 12.2. The number of rotatable bonds is 3. The minimum atomic E-state index is -0.132. The van der Waals surface area contributed by atoms with E-state index < -0.39 is 0 Å². The molecule has 19 heavy (non-hydrogen) atoms. The molecule has 1 fully saturated rings. The molecule has 1 rings (SSSR count). The molecule has 1 saturated carbocycles. The molecule has 0 aromatic rings. The van der Waals surface area contributed by atoms with E-state index in [9.17, 15) is 9.59 Å². The standard InChI is InChI=1S/C16H29NO2/c1-11(12(2)16(3,4)5)14(18)17-15(19)13-9-7-6-8-10-13/h11-13H,6-10H2,1-5H3,(H,17,18,19)/t11-,12+/m0/s1. The van der Waals surface area contributed by atoms with Crippen LogP contribution in [0, 0.1) is 23.2 Å². The van der Waals surface area contributed by atoms with Crippen LogP contribution in [-0.4, -0.2) is 11.8 Å². The summed E-state index contributed by atoms with van der Waals surface area (Å²) in [6, 6.07) is 0. The van der Waals surface area contributed by atoms with Gasteiger partial charge in [0.05, 0.1) is 0 Å². The van der Waals surface area contributed by atoms with E-state index in [0.717, 1.165) is 25.7 Å². The fraction of sp³-hybridized carbons (Fsp3) is 0.875. The molecular weight excluding hydrogens is 238 g/mol. The molecule has 0 radical (unpaired) electrons. The lowest BCUT2D eigenvalue weighted by Crippen LogP contribution is -2.42. The molecular formula is C16H29NO2. The smallest absolute Gasteiger partial charge is 0.229 e. The largest absolute Gasteiger partial charge is 0.296 e. The molecule has 2 amide bonds. The van der Waals surface area contributed by atoms with Crippen LogP contribution in [0.2, 0.25) is 0 Å². The Bertz CT molecular complexity index is 324. The van der Waals surface area contributed by atoms with Crippen LogP contribution in [0.4, 0.5) is 0 Å². The van der Waals surface area contributed by atoms with Crippen molar-refractivity contribution in [2.45, 2.75) is 66.7 Å². The Hall–Kier alpha value is -0.860. The molecule has 110 valence electrons. The van der Waals surface area contributed by atoms with Gasteiger partial charge in [-0.25, -0.2) is 0 Å². The minimum Gasteiger partial charge on any atom is -0.296 e. The highest BCUT2D eigenvalue weighted by Crippen LogP contribution is 2.31. The Morgan fingerprint density at radius 2 is 1.58 bits per heavy atom.